The minimum absolute atomic E-state index is 0.219. The molecule has 5 rings (SSSR count). The van der Waals surface area contributed by atoms with Crippen molar-refractivity contribution in [2.45, 2.75) is 38.3 Å². The first-order valence-corrected chi connectivity index (χ1v) is 11.3. The van der Waals surface area contributed by atoms with Gasteiger partial charge in [-0.15, -0.1) is 0 Å². The van der Waals surface area contributed by atoms with Gasteiger partial charge < -0.3 is 15.0 Å². The average molecular weight is 480 g/mol. The van der Waals surface area contributed by atoms with Gasteiger partial charge in [0, 0.05) is 35.8 Å². The van der Waals surface area contributed by atoms with E-state index in [1.807, 2.05) is 25.1 Å². The van der Waals surface area contributed by atoms with Gasteiger partial charge in [0.15, 0.2) is 0 Å². The summed E-state index contributed by atoms with van der Waals surface area (Å²) in [5.41, 5.74) is 4.19. The van der Waals surface area contributed by atoms with Gasteiger partial charge in [-0.3, -0.25) is 0 Å². The van der Waals surface area contributed by atoms with Crippen molar-refractivity contribution >= 4 is 11.6 Å². The lowest BCUT2D eigenvalue weighted by Crippen LogP contribution is -2.16. The number of ether oxygens (including phenoxy) is 1. The molecule has 6 nitrogen and oxygen atoms in total. The van der Waals surface area contributed by atoms with Gasteiger partial charge >= 0.3 is 6.18 Å². The Labute approximate surface area is 200 Å². The number of aromatic nitrogens is 4. The van der Waals surface area contributed by atoms with Gasteiger partial charge in [0.05, 0.1) is 23.9 Å². The van der Waals surface area contributed by atoms with Crippen molar-refractivity contribution in [3.63, 3.8) is 0 Å². The van der Waals surface area contributed by atoms with E-state index in [4.69, 9.17) is 9.72 Å². The van der Waals surface area contributed by atoms with E-state index in [2.05, 4.69) is 20.3 Å². The zero-order valence-electron chi connectivity index (χ0n) is 19.3. The number of hydrogen-bond donors (Lipinski definition) is 2. The minimum Gasteiger partial charge on any atom is -0.496 e. The number of methoxy groups -OCH3 is 1. The molecule has 0 radical (unpaired) electrons. The Balaban J connectivity index is 1.45. The molecule has 0 amide bonds. The molecule has 1 atom stereocenters. The summed E-state index contributed by atoms with van der Waals surface area (Å²) in [4.78, 5) is 16.7. The van der Waals surface area contributed by atoms with E-state index >= 15 is 0 Å². The molecule has 2 aromatic carbocycles. The SMILES string of the molecule is COc1cc(Nc2ncc3c(n2)C(c2cccc(C(F)(F)F)c2)CCC3)ccc1-c1ncc(C)[nH]1. The third-order valence-electron chi connectivity index (χ3n) is 6.20. The number of alkyl halides is 3. The van der Waals surface area contributed by atoms with Gasteiger partial charge in [-0.05, 0) is 55.5 Å². The lowest BCUT2D eigenvalue weighted by molar-refractivity contribution is -0.137. The first-order valence-electron chi connectivity index (χ1n) is 11.3. The van der Waals surface area contributed by atoms with Gasteiger partial charge in [0.25, 0.3) is 0 Å². The molecule has 1 aliphatic rings. The fraction of sp³-hybridized carbons (Fsp3) is 0.269. The van der Waals surface area contributed by atoms with Crippen molar-refractivity contribution < 1.29 is 17.9 Å². The Bertz CT molecular complexity index is 1370. The van der Waals surface area contributed by atoms with E-state index in [1.165, 1.54) is 12.1 Å². The third kappa shape index (κ3) is 4.71. The number of aryl methyl sites for hydroxylation is 2. The Morgan fingerprint density at radius 2 is 1.94 bits per heavy atom. The molecule has 1 aliphatic carbocycles. The highest BCUT2D eigenvalue weighted by molar-refractivity contribution is 5.70. The standard InChI is InChI=1S/C26H24F3N5O/c1-15-13-30-24(32-15)21-10-9-19(12-22(21)35-2)33-25-31-14-17-6-4-8-20(23(17)34-25)16-5-3-7-18(11-16)26(27,28)29/h3,5,7,9-14,20H,4,6,8H2,1-2H3,(H,30,32)(H,31,33,34). The molecule has 0 saturated carbocycles. The molecular formula is C26H24F3N5O. The highest BCUT2D eigenvalue weighted by Crippen LogP contribution is 2.39. The predicted octanol–water partition coefficient (Wildman–Crippen LogP) is 6.41. The van der Waals surface area contributed by atoms with Crippen LogP contribution in [0.25, 0.3) is 11.4 Å². The number of imidazole rings is 1. The van der Waals surface area contributed by atoms with Crippen LogP contribution < -0.4 is 10.1 Å². The van der Waals surface area contributed by atoms with Crippen LogP contribution in [0, 0.1) is 6.92 Å². The summed E-state index contributed by atoms with van der Waals surface area (Å²) in [7, 11) is 1.59. The lowest BCUT2D eigenvalue weighted by atomic mass is 9.82. The Morgan fingerprint density at radius 3 is 2.69 bits per heavy atom. The molecule has 0 saturated heterocycles. The highest BCUT2D eigenvalue weighted by atomic mass is 19.4. The van der Waals surface area contributed by atoms with E-state index in [0.29, 0.717) is 23.1 Å². The van der Waals surface area contributed by atoms with Gasteiger partial charge in [0.1, 0.15) is 11.6 Å². The van der Waals surface area contributed by atoms with Crippen LogP contribution in [0.15, 0.2) is 54.9 Å². The van der Waals surface area contributed by atoms with Gasteiger partial charge in [-0.1, -0.05) is 18.2 Å². The summed E-state index contributed by atoms with van der Waals surface area (Å²) in [6.45, 7) is 1.93. The van der Waals surface area contributed by atoms with Crippen LogP contribution in [0.4, 0.5) is 24.8 Å². The number of fused-ring (bicyclic) bond motifs is 1. The minimum atomic E-state index is -4.38. The predicted molar refractivity (Wildman–Crippen MR) is 127 cm³/mol. The summed E-state index contributed by atoms with van der Waals surface area (Å²) in [6, 6.07) is 11.1. The van der Waals surface area contributed by atoms with Crippen LogP contribution in [0.1, 0.15) is 46.8 Å². The Kier molecular flexibility index (Phi) is 5.92. The average Bonchev–Trinajstić information content (AvgIpc) is 3.29. The van der Waals surface area contributed by atoms with Crippen molar-refractivity contribution in [3.8, 4) is 17.1 Å². The first kappa shape index (κ1) is 22.9. The normalized spacial score (nSPS) is 15.5. The summed E-state index contributed by atoms with van der Waals surface area (Å²) < 4.78 is 45.4. The summed E-state index contributed by atoms with van der Waals surface area (Å²) >= 11 is 0. The summed E-state index contributed by atoms with van der Waals surface area (Å²) in [5.74, 6) is 1.50. The number of halogens is 3. The molecule has 2 aromatic heterocycles. The van der Waals surface area contributed by atoms with Crippen LogP contribution in [0.5, 0.6) is 5.75 Å². The van der Waals surface area contributed by atoms with Crippen LogP contribution in [0.2, 0.25) is 0 Å². The third-order valence-corrected chi connectivity index (χ3v) is 6.20. The van der Waals surface area contributed by atoms with Crippen molar-refractivity contribution in [1.29, 1.82) is 0 Å². The number of benzene rings is 2. The van der Waals surface area contributed by atoms with Gasteiger partial charge in [-0.2, -0.15) is 13.2 Å². The fourth-order valence-corrected chi connectivity index (χ4v) is 4.51. The second-order valence-electron chi connectivity index (χ2n) is 8.63. The molecular weight excluding hydrogens is 455 g/mol. The number of anilines is 2. The van der Waals surface area contributed by atoms with Crippen molar-refractivity contribution in [3.05, 3.63) is 82.9 Å². The van der Waals surface area contributed by atoms with Gasteiger partial charge in [0.2, 0.25) is 5.95 Å². The van der Waals surface area contributed by atoms with E-state index in [1.54, 1.807) is 25.6 Å². The zero-order chi connectivity index (χ0) is 24.6. The zero-order valence-corrected chi connectivity index (χ0v) is 19.3. The van der Waals surface area contributed by atoms with E-state index in [9.17, 15) is 13.2 Å². The molecule has 9 heteroatoms. The maximum atomic E-state index is 13.3. The largest absolute Gasteiger partial charge is 0.496 e. The molecule has 180 valence electrons. The topological polar surface area (TPSA) is 75.7 Å². The summed E-state index contributed by atoms with van der Waals surface area (Å²) in [5, 5.41) is 3.21. The van der Waals surface area contributed by atoms with Crippen molar-refractivity contribution in [1.82, 2.24) is 19.9 Å². The molecule has 0 aliphatic heterocycles. The molecule has 0 bridgehead atoms. The number of aromatic amines is 1. The van der Waals surface area contributed by atoms with Crippen LogP contribution >= 0.6 is 0 Å². The summed E-state index contributed by atoms with van der Waals surface area (Å²) in [6.07, 6.45) is 1.54. The molecule has 4 aromatic rings. The van der Waals surface area contributed by atoms with Crippen LogP contribution in [-0.2, 0) is 12.6 Å². The number of H-pyrrole nitrogens is 1. The number of nitrogens with one attached hydrogen (secondary N) is 2. The van der Waals surface area contributed by atoms with E-state index < -0.39 is 11.7 Å². The Morgan fingerprint density at radius 1 is 1.09 bits per heavy atom. The maximum absolute atomic E-state index is 13.3. The molecule has 35 heavy (non-hydrogen) atoms. The first-order chi connectivity index (χ1) is 16.8. The fourth-order valence-electron chi connectivity index (χ4n) is 4.51. The molecule has 2 heterocycles. The van der Waals surface area contributed by atoms with E-state index in [-0.39, 0.29) is 5.92 Å². The second kappa shape index (κ2) is 9.05. The maximum Gasteiger partial charge on any atom is 0.416 e. The number of nitrogens with zero attached hydrogens (tertiary/aromatic N) is 3. The molecule has 2 N–H and O–H groups in total. The van der Waals surface area contributed by atoms with Crippen LogP contribution in [0.3, 0.4) is 0 Å². The molecule has 0 spiro atoms. The van der Waals surface area contributed by atoms with Gasteiger partial charge in [-0.25, -0.2) is 15.0 Å². The number of rotatable bonds is 5. The molecule has 0 fully saturated rings. The second-order valence-corrected chi connectivity index (χ2v) is 8.63. The van der Waals surface area contributed by atoms with Crippen molar-refractivity contribution in [2.24, 2.45) is 0 Å². The smallest absolute Gasteiger partial charge is 0.416 e. The number of hydrogen-bond acceptors (Lipinski definition) is 5. The lowest BCUT2D eigenvalue weighted by Gasteiger charge is -2.25. The van der Waals surface area contributed by atoms with Crippen LogP contribution in [-0.4, -0.2) is 27.0 Å². The quantitative estimate of drug-likeness (QED) is 0.346. The monoisotopic (exact) mass is 479 g/mol. The molecule has 1 unspecified atom stereocenters. The van der Waals surface area contributed by atoms with Crippen molar-refractivity contribution in [2.75, 3.05) is 12.4 Å². The Hall–Kier alpha value is -3.88. The highest BCUT2D eigenvalue weighted by Gasteiger charge is 2.32. The van der Waals surface area contributed by atoms with E-state index in [0.717, 1.165) is 53.5 Å².